The summed E-state index contributed by atoms with van der Waals surface area (Å²) in [5, 5.41) is 4.06. The van der Waals surface area contributed by atoms with Gasteiger partial charge < -0.3 is 19.5 Å². The molecule has 3 aromatic rings. The van der Waals surface area contributed by atoms with Gasteiger partial charge in [-0.2, -0.15) is 0 Å². The summed E-state index contributed by atoms with van der Waals surface area (Å²) >= 11 is 12.6. The van der Waals surface area contributed by atoms with Crippen molar-refractivity contribution >= 4 is 34.9 Å². The van der Waals surface area contributed by atoms with Gasteiger partial charge in [0, 0.05) is 46.8 Å². The van der Waals surface area contributed by atoms with Gasteiger partial charge in [0.15, 0.2) is 0 Å². The number of hydrogen-bond acceptors (Lipinski definition) is 2. The highest BCUT2D eigenvalue weighted by molar-refractivity contribution is 6.35. The molecule has 0 unspecified atom stereocenters. The van der Waals surface area contributed by atoms with Gasteiger partial charge in [-0.3, -0.25) is 0 Å². The molecule has 5 nitrogen and oxygen atoms in total. The third kappa shape index (κ3) is 3.55. The average molecular weight is 416 g/mol. The predicted molar refractivity (Wildman–Crippen MR) is 111 cm³/mol. The Morgan fingerprint density at radius 3 is 2.75 bits per heavy atom. The summed E-state index contributed by atoms with van der Waals surface area (Å²) in [4.78, 5) is 15.0. The van der Waals surface area contributed by atoms with Gasteiger partial charge in [-0.05, 0) is 42.0 Å². The number of aromatic nitrogens is 1. The number of amides is 2. The molecule has 1 aliphatic heterocycles. The maximum Gasteiger partial charge on any atom is 0.322 e. The fourth-order valence-electron chi connectivity index (χ4n) is 3.55. The normalized spacial score (nSPS) is 15.8. The first-order valence-corrected chi connectivity index (χ1v) is 9.64. The first-order chi connectivity index (χ1) is 13.6. The number of anilines is 1. The van der Waals surface area contributed by atoms with E-state index in [1.807, 2.05) is 42.6 Å². The summed E-state index contributed by atoms with van der Waals surface area (Å²) in [6.07, 6.45) is 2.02. The number of hydrogen-bond donors (Lipinski definition) is 1. The minimum atomic E-state index is -0.306. The van der Waals surface area contributed by atoms with E-state index in [-0.39, 0.29) is 12.1 Å². The van der Waals surface area contributed by atoms with E-state index >= 15 is 0 Å². The lowest BCUT2D eigenvalue weighted by atomic mass is 10.00. The van der Waals surface area contributed by atoms with Crippen LogP contribution in [0.2, 0.25) is 10.0 Å². The second-order valence-corrected chi connectivity index (χ2v) is 7.39. The van der Waals surface area contributed by atoms with Crippen molar-refractivity contribution in [1.82, 2.24) is 9.47 Å². The zero-order chi connectivity index (χ0) is 19.7. The van der Waals surface area contributed by atoms with Crippen LogP contribution < -0.4 is 10.1 Å². The molecule has 1 N–H and O–H groups in total. The number of carbonyl (C=O) groups excluding carboxylic acids is 1. The van der Waals surface area contributed by atoms with Crippen LogP contribution in [0.15, 0.2) is 60.8 Å². The molecule has 28 heavy (non-hydrogen) atoms. The third-order valence-corrected chi connectivity index (χ3v) is 5.44. The molecule has 0 saturated heterocycles. The minimum Gasteiger partial charge on any atom is -0.497 e. The first kappa shape index (κ1) is 18.7. The molecular weight excluding hydrogens is 397 g/mol. The molecule has 1 aliphatic rings. The molecule has 7 heteroatoms. The van der Waals surface area contributed by atoms with Gasteiger partial charge in [-0.15, -0.1) is 0 Å². The van der Waals surface area contributed by atoms with Crippen molar-refractivity contribution in [1.29, 1.82) is 0 Å². The van der Waals surface area contributed by atoms with Gasteiger partial charge in [0.2, 0.25) is 0 Å². The number of nitrogens with zero attached hydrogens (tertiary/aromatic N) is 2. The smallest absolute Gasteiger partial charge is 0.322 e. The number of ether oxygens (including phenoxy) is 1. The number of rotatable bonds is 3. The van der Waals surface area contributed by atoms with Crippen molar-refractivity contribution in [3.05, 3.63) is 82.1 Å². The van der Waals surface area contributed by atoms with Crippen molar-refractivity contribution in [2.75, 3.05) is 19.0 Å². The molecule has 0 radical (unpaired) electrons. The topological polar surface area (TPSA) is 46.5 Å². The maximum absolute atomic E-state index is 13.2. The second-order valence-electron chi connectivity index (χ2n) is 6.55. The van der Waals surface area contributed by atoms with Crippen molar-refractivity contribution < 1.29 is 9.53 Å². The SMILES string of the molecule is COc1cccc(NC(=O)N2CCn3cccc3[C@H]2c2ccc(Cl)cc2Cl)c1. The Morgan fingerprint density at radius 1 is 1.11 bits per heavy atom. The highest BCUT2D eigenvalue weighted by Gasteiger charge is 2.33. The van der Waals surface area contributed by atoms with E-state index in [4.69, 9.17) is 27.9 Å². The van der Waals surface area contributed by atoms with Crippen LogP contribution in [0.3, 0.4) is 0 Å². The largest absolute Gasteiger partial charge is 0.497 e. The standard InChI is InChI=1S/C21H19Cl2N3O2/c1-28-16-5-2-4-15(13-16)24-21(27)26-11-10-25-9-3-6-19(25)20(26)17-8-7-14(22)12-18(17)23/h2-9,12-13,20H,10-11H2,1H3,(H,24,27)/t20-/m1/s1. The van der Waals surface area contributed by atoms with Crippen molar-refractivity contribution in [3.8, 4) is 5.75 Å². The third-order valence-electron chi connectivity index (χ3n) is 4.88. The fourth-order valence-corrected chi connectivity index (χ4v) is 4.06. The van der Waals surface area contributed by atoms with Crippen LogP contribution >= 0.6 is 23.2 Å². The summed E-state index contributed by atoms with van der Waals surface area (Å²) in [7, 11) is 1.60. The monoisotopic (exact) mass is 415 g/mol. The molecule has 4 rings (SSSR count). The van der Waals surface area contributed by atoms with E-state index in [1.54, 1.807) is 30.2 Å². The van der Waals surface area contributed by atoms with Crippen LogP contribution in [0.4, 0.5) is 10.5 Å². The van der Waals surface area contributed by atoms with Crippen LogP contribution in [0, 0.1) is 0 Å². The lowest BCUT2D eigenvalue weighted by Gasteiger charge is -2.37. The summed E-state index contributed by atoms with van der Waals surface area (Å²) in [5.41, 5.74) is 2.52. The van der Waals surface area contributed by atoms with Gasteiger partial charge in [0.05, 0.1) is 7.11 Å². The van der Waals surface area contributed by atoms with Gasteiger partial charge in [0.25, 0.3) is 0 Å². The second kappa shape index (κ2) is 7.78. The number of fused-ring (bicyclic) bond motifs is 1. The van der Waals surface area contributed by atoms with Crippen LogP contribution in [0.5, 0.6) is 5.75 Å². The molecule has 0 spiro atoms. The zero-order valence-corrected chi connectivity index (χ0v) is 16.7. The van der Waals surface area contributed by atoms with E-state index in [9.17, 15) is 4.79 Å². The number of nitrogens with one attached hydrogen (secondary N) is 1. The Kier molecular flexibility index (Phi) is 5.20. The van der Waals surface area contributed by atoms with Crippen LogP contribution in [-0.2, 0) is 6.54 Å². The highest BCUT2D eigenvalue weighted by atomic mass is 35.5. The average Bonchev–Trinajstić information content (AvgIpc) is 3.16. The van der Waals surface area contributed by atoms with Crippen LogP contribution in [-0.4, -0.2) is 29.2 Å². The molecule has 144 valence electrons. The molecule has 2 amide bonds. The van der Waals surface area contributed by atoms with Crippen molar-refractivity contribution in [3.63, 3.8) is 0 Å². The van der Waals surface area contributed by atoms with Gasteiger partial charge in [-0.25, -0.2) is 4.79 Å². The van der Waals surface area contributed by atoms with Crippen molar-refractivity contribution in [2.45, 2.75) is 12.6 Å². The molecule has 2 heterocycles. The number of urea groups is 1. The summed E-state index contributed by atoms with van der Waals surface area (Å²) < 4.78 is 7.38. The number of carbonyl (C=O) groups is 1. The maximum atomic E-state index is 13.2. The minimum absolute atomic E-state index is 0.197. The summed E-state index contributed by atoms with van der Waals surface area (Å²) in [6.45, 7) is 1.27. The van der Waals surface area contributed by atoms with E-state index in [2.05, 4.69) is 9.88 Å². The molecule has 0 saturated carbocycles. The molecule has 2 aromatic carbocycles. The molecule has 0 aliphatic carbocycles. The summed E-state index contributed by atoms with van der Waals surface area (Å²) in [6, 6.07) is 16.2. The molecule has 0 fully saturated rings. The fraction of sp³-hybridized carbons (Fsp3) is 0.190. The lowest BCUT2D eigenvalue weighted by Crippen LogP contribution is -2.44. The van der Waals surface area contributed by atoms with Gasteiger partial charge in [0.1, 0.15) is 11.8 Å². The Labute approximate surface area is 173 Å². The van der Waals surface area contributed by atoms with Crippen LogP contribution in [0.1, 0.15) is 17.3 Å². The quantitative estimate of drug-likeness (QED) is 0.618. The zero-order valence-electron chi connectivity index (χ0n) is 15.2. The number of methoxy groups -OCH3 is 1. The van der Waals surface area contributed by atoms with E-state index in [1.165, 1.54) is 0 Å². The van der Waals surface area contributed by atoms with Gasteiger partial charge >= 0.3 is 6.03 Å². The number of benzene rings is 2. The Balaban J connectivity index is 1.69. The molecule has 1 aromatic heterocycles. The van der Waals surface area contributed by atoms with E-state index in [0.717, 1.165) is 17.8 Å². The van der Waals surface area contributed by atoms with Gasteiger partial charge in [-0.1, -0.05) is 35.3 Å². The highest BCUT2D eigenvalue weighted by Crippen LogP contribution is 2.37. The first-order valence-electron chi connectivity index (χ1n) is 8.88. The predicted octanol–water partition coefficient (Wildman–Crippen LogP) is 5.44. The Morgan fingerprint density at radius 2 is 1.96 bits per heavy atom. The van der Waals surface area contributed by atoms with Crippen LogP contribution in [0.25, 0.3) is 0 Å². The Hall–Kier alpha value is -2.63. The molecule has 0 bridgehead atoms. The molecular formula is C21H19Cl2N3O2. The van der Waals surface area contributed by atoms with Crippen molar-refractivity contribution in [2.24, 2.45) is 0 Å². The van der Waals surface area contributed by atoms with E-state index in [0.29, 0.717) is 28.0 Å². The Bertz CT molecular complexity index is 1020. The lowest BCUT2D eigenvalue weighted by molar-refractivity contribution is 0.182. The van der Waals surface area contributed by atoms with E-state index < -0.39 is 0 Å². The number of halogens is 2. The summed E-state index contributed by atoms with van der Waals surface area (Å²) in [5.74, 6) is 0.683. The molecule has 1 atom stereocenters.